The molecule has 0 aromatic rings. The van der Waals surface area contributed by atoms with Crippen LogP contribution in [0.4, 0.5) is 4.39 Å². The number of aliphatic hydroxyl groups is 3. The van der Waals surface area contributed by atoms with Crippen LogP contribution in [0.15, 0.2) is 23.8 Å². The minimum atomic E-state index is -2.33. The highest BCUT2D eigenvalue weighted by Gasteiger charge is 2.76. The molecule has 8 nitrogen and oxygen atoms in total. The third-order valence-electron chi connectivity index (χ3n) is 9.00. The lowest BCUT2D eigenvalue weighted by molar-refractivity contribution is -0.222. The number of alkyl halides is 1. The second kappa shape index (κ2) is 7.53. The molecule has 4 rings (SSSR count). The predicted molar refractivity (Wildman–Crippen MR) is 114 cm³/mol. The van der Waals surface area contributed by atoms with Crippen molar-refractivity contribution in [1.82, 2.24) is 0 Å². The van der Waals surface area contributed by atoms with Crippen LogP contribution in [-0.4, -0.2) is 69.0 Å². The number of fused-ring (bicyclic) bond motifs is 5. The van der Waals surface area contributed by atoms with Gasteiger partial charge in [-0.2, -0.15) is 0 Å². The molecule has 9 heteroatoms. The van der Waals surface area contributed by atoms with E-state index in [0.717, 1.165) is 0 Å². The van der Waals surface area contributed by atoms with E-state index in [4.69, 9.17) is 10.5 Å². The van der Waals surface area contributed by atoms with Crippen LogP contribution < -0.4 is 5.73 Å². The molecule has 33 heavy (non-hydrogen) atoms. The molecule has 0 aliphatic heterocycles. The van der Waals surface area contributed by atoms with Gasteiger partial charge in [0.1, 0.15) is 6.04 Å². The van der Waals surface area contributed by atoms with Gasteiger partial charge in [-0.1, -0.05) is 18.6 Å². The topological polar surface area (TPSA) is 147 Å². The quantitative estimate of drug-likeness (QED) is 0.440. The van der Waals surface area contributed by atoms with E-state index in [9.17, 15) is 29.7 Å². The first-order valence-corrected chi connectivity index (χ1v) is 11.4. The fourth-order valence-electron chi connectivity index (χ4n) is 7.11. The van der Waals surface area contributed by atoms with Crippen molar-refractivity contribution < 1.29 is 38.8 Å². The van der Waals surface area contributed by atoms with E-state index in [-0.39, 0.29) is 18.6 Å². The van der Waals surface area contributed by atoms with Gasteiger partial charge in [-0.05, 0) is 57.6 Å². The Labute approximate surface area is 191 Å². The molecular weight excluding hydrogens is 433 g/mol. The summed E-state index contributed by atoms with van der Waals surface area (Å²) in [5, 5.41) is 33.6. The van der Waals surface area contributed by atoms with Gasteiger partial charge in [-0.15, -0.1) is 0 Å². The van der Waals surface area contributed by atoms with Crippen molar-refractivity contribution in [1.29, 1.82) is 0 Å². The van der Waals surface area contributed by atoms with E-state index in [1.54, 1.807) is 13.8 Å². The molecule has 0 aromatic carbocycles. The summed E-state index contributed by atoms with van der Waals surface area (Å²) in [5.74, 6) is -3.35. The number of ether oxygens (including phenoxy) is 1. The number of Topliss-reactive ketones (excluding diaryl/α,β-unsaturated/α-hetero) is 1. The van der Waals surface area contributed by atoms with Crippen LogP contribution in [0.3, 0.4) is 0 Å². The maximum absolute atomic E-state index is 17.0. The van der Waals surface area contributed by atoms with Crippen LogP contribution in [0, 0.1) is 22.7 Å². The molecule has 0 radical (unpaired) electrons. The van der Waals surface area contributed by atoms with Crippen molar-refractivity contribution in [2.24, 2.45) is 28.4 Å². The van der Waals surface area contributed by atoms with Crippen molar-refractivity contribution in [2.45, 2.75) is 76.0 Å². The number of carbonyl (C=O) groups excluding carboxylic acids is 3. The Morgan fingerprint density at radius 1 is 1.27 bits per heavy atom. The average molecular weight is 466 g/mol. The third kappa shape index (κ3) is 2.98. The Hall–Kier alpha value is -1.94. The summed E-state index contributed by atoms with van der Waals surface area (Å²) in [7, 11) is 0. The molecule has 0 heterocycles. The lowest BCUT2D eigenvalue weighted by atomic mass is 9.44. The van der Waals surface area contributed by atoms with Gasteiger partial charge in [-0.25, -0.2) is 4.39 Å². The molecule has 0 bridgehead atoms. The highest BCUT2D eigenvalue weighted by Crippen LogP contribution is 2.69. The summed E-state index contributed by atoms with van der Waals surface area (Å²) in [6.07, 6.45) is 1.57. The molecule has 4 aliphatic carbocycles. The first kappa shape index (κ1) is 24.2. The number of carbonyl (C=O) groups is 3. The lowest BCUT2D eigenvalue weighted by Crippen LogP contribution is -2.69. The van der Waals surface area contributed by atoms with Crippen molar-refractivity contribution in [3.63, 3.8) is 0 Å². The van der Waals surface area contributed by atoms with Crippen LogP contribution in [0.2, 0.25) is 0 Å². The Bertz CT molecular complexity index is 962. The number of ketones is 2. The minimum absolute atomic E-state index is 0.0409. The molecular formula is C24H32FNO7. The Morgan fingerprint density at radius 2 is 1.94 bits per heavy atom. The van der Waals surface area contributed by atoms with Crippen LogP contribution >= 0.6 is 0 Å². The number of rotatable bonds is 4. The van der Waals surface area contributed by atoms with Crippen molar-refractivity contribution in [3.8, 4) is 0 Å². The second-order valence-electron chi connectivity index (χ2n) is 10.6. The zero-order valence-corrected chi connectivity index (χ0v) is 19.1. The molecule has 9 atom stereocenters. The standard InChI is InChI=1S/C24H32FNO7/c1-12(26)20(31)33-11-19(30)24(32)17(28)9-16-15-5-4-13-8-14(27)6-7-21(13,2)23(15,25)18(29)10-22(16,24)3/h6-8,12,15-18,28-29,32H,4-5,9-11,26H2,1-3H3/t12?,15?,16-,17+,18-,21-,22-,23-,24-/m0/s1. The van der Waals surface area contributed by atoms with Gasteiger partial charge < -0.3 is 25.8 Å². The van der Waals surface area contributed by atoms with Gasteiger partial charge in [0.2, 0.25) is 5.78 Å². The number of allylic oxidation sites excluding steroid dienone is 4. The van der Waals surface area contributed by atoms with Gasteiger partial charge in [-0.3, -0.25) is 14.4 Å². The summed E-state index contributed by atoms with van der Waals surface area (Å²) in [4.78, 5) is 36.7. The van der Waals surface area contributed by atoms with Crippen LogP contribution in [0.25, 0.3) is 0 Å². The number of nitrogens with two attached hydrogens (primary N) is 1. The minimum Gasteiger partial charge on any atom is -0.456 e. The predicted octanol–water partition coefficient (Wildman–Crippen LogP) is 0.519. The SMILES string of the molecule is CC(N)C(=O)OCC(=O)[C@@]1(O)[C@H](O)C[C@H]2C3CCC4=CC(=O)C=C[C@]4(C)[C@@]3(F)[C@@H](O)C[C@@]21C. The monoisotopic (exact) mass is 465 g/mol. The third-order valence-corrected chi connectivity index (χ3v) is 9.00. The number of hydrogen-bond donors (Lipinski definition) is 4. The summed E-state index contributed by atoms with van der Waals surface area (Å²) in [5.41, 5.74) is -0.978. The molecule has 4 aliphatic rings. The maximum Gasteiger partial charge on any atom is 0.323 e. The highest BCUT2D eigenvalue weighted by atomic mass is 19.1. The normalized spacial score (nSPS) is 47.2. The maximum atomic E-state index is 17.0. The van der Waals surface area contributed by atoms with Gasteiger partial charge in [0.05, 0.1) is 12.2 Å². The summed E-state index contributed by atoms with van der Waals surface area (Å²) in [6, 6.07) is -0.964. The second-order valence-corrected chi connectivity index (χ2v) is 10.6. The van der Waals surface area contributed by atoms with E-state index in [2.05, 4.69) is 0 Å². The van der Waals surface area contributed by atoms with Gasteiger partial charge >= 0.3 is 5.97 Å². The van der Waals surface area contributed by atoms with Crippen LogP contribution in [-0.2, 0) is 19.1 Å². The smallest absolute Gasteiger partial charge is 0.323 e. The molecule has 0 aromatic heterocycles. The number of halogens is 1. The van der Waals surface area contributed by atoms with Gasteiger partial charge in [0, 0.05) is 16.7 Å². The Kier molecular flexibility index (Phi) is 5.52. The zero-order chi connectivity index (χ0) is 24.6. The molecule has 3 fully saturated rings. The van der Waals surface area contributed by atoms with E-state index >= 15 is 4.39 Å². The number of aliphatic hydroxyl groups excluding tert-OH is 2. The number of hydrogen-bond acceptors (Lipinski definition) is 8. The Balaban J connectivity index is 1.70. The molecule has 5 N–H and O–H groups in total. The fourth-order valence-corrected chi connectivity index (χ4v) is 7.11. The molecule has 182 valence electrons. The number of esters is 1. The first-order chi connectivity index (χ1) is 15.2. The van der Waals surface area contributed by atoms with Crippen molar-refractivity contribution >= 4 is 17.5 Å². The van der Waals surface area contributed by atoms with Crippen molar-refractivity contribution in [2.75, 3.05) is 6.61 Å². The lowest BCUT2D eigenvalue weighted by Gasteiger charge is -2.62. The fraction of sp³-hybridized carbons (Fsp3) is 0.708. The zero-order valence-electron chi connectivity index (χ0n) is 19.1. The average Bonchev–Trinajstić information content (AvgIpc) is 2.94. The molecule has 0 amide bonds. The van der Waals surface area contributed by atoms with Crippen molar-refractivity contribution in [3.05, 3.63) is 23.8 Å². The summed E-state index contributed by atoms with van der Waals surface area (Å²) < 4.78 is 21.9. The van der Waals surface area contributed by atoms with Gasteiger partial charge in [0.25, 0.3) is 0 Å². The van der Waals surface area contributed by atoms with E-state index in [0.29, 0.717) is 18.4 Å². The van der Waals surface area contributed by atoms with E-state index < -0.39 is 70.5 Å². The molecule has 0 spiro atoms. The van der Waals surface area contributed by atoms with Crippen LogP contribution in [0.5, 0.6) is 0 Å². The van der Waals surface area contributed by atoms with E-state index in [1.165, 1.54) is 25.2 Å². The summed E-state index contributed by atoms with van der Waals surface area (Å²) in [6.45, 7) is 3.85. The first-order valence-electron chi connectivity index (χ1n) is 11.4. The highest BCUT2D eigenvalue weighted by molar-refractivity contribution is 6.01. The van der Waals surface area contributed by atoms with Crippen LogP contribution in [0.1, 0.15) is 46.5 Å². The van der Waals surface area contributed by atoms with E-state index in [1.807, 2.05) is 0 Å². The Morgan fingerprint density at radius 3 is 2.58 bits per heavy atom. The molecule has 3 saturated carbocycles. The molecule has 0 saturated heterocycles. The largest absolute Gasteiger partial charge is 0.456 e. The summed E-state index contributed by atoms with van der Waals surface area (Å²) >= 11 is 0. The van der Waals surface area contributed by atoms with Gasteiger partial charge in [0.15, 0.2) is 23.7 Å². The molecule has 2 unspecified atom stereocenters.